The van der Waals surface area contributed by atoms with Gasteiger partial charge >= 0.3 is 8.56 Å². The highest BCUT2D eigenvalue weighted by molar-refractivity contribution is 6.77. The van der Waals surface area contributed by atoms with E-state index in [0.717, 1.165) is 19.6 Å². The van der Waals surface area contributed by atoms with Gasteiger partial charge in [0, 0.05) is 0 Å². The zero-order valence-corrected chi connectivity index (χ0v) is 9.41. The van der Waals surface area contributed by atoms with Gasteiger partial charge in [-0.1, -0.05) is 26.5 Å². The second-order valence-corrected chi connectivity index (χ2v) is 5.69. The third-order valence-electron chi connectivity index (χ3n) is 1.67. The summed E-state index contributed by atoms with van der Waals surface area (Å²) in [7, 11) is -1.76. The summed E-state index contributed by atoms with van der Waals surface area (Å²) in [6.07, 6.45) is 0. The molecule has 0 aromatic rings. The normalized spacial score (nSPS) is 11.6. The lowest BCUT2D eigenvalue weighted by molar-refractivity contribution is 0.792. The lowest BCUT2D eigenvalue weighted by Crippen LogP contribution is -2.71. The van der Waals surface area contributed by atoms with Crippen LogP contribution in [0.3, 0.4) is 0 Å². The van der Waals surface area contributed by atoms with Crippen LogP contribution in [0.1, 0.15) is 20.8 Å². The Balaban J connectivity index is 4.16. The standard InChI is InChI=1S/C8H21N3Si/c1-5-9-12(8-4,10-6-2)11-7-3/h8-11H,4-7H2,1-3H3. The van der Waals surface area contributed by atoms with Gasteiger partial charge in [0.25, 0.3) is 0 Å². The second-order valence-electron chi connectivity index (χ2n) is 2.60. The molecule has 0 saturated carbocycles. The average Bonchev–Trinajstić information content (AvgIpc) is 2.06. The maximum Gasteiger partial charge on any atom is 0.307 e. The van der Waals surface area contributed by atoms with Gasteiger partial charge in [-0.2, -0.15) is 0 Å². The third kappa shape index (κ3) is 3.49. The van der Waals surface area contributed by atoms with E-state index in [2.05, 4.69) is 42.3 Å². The second kappa shape index (κ2) is 6.36. The molecule has 4 heteroatoms. The maximum atomic E-state index is 3.86. The van der Waals surface area contributed by atoms with E-state index in [1.807, 2.05) is 5.70 Å². The molecule has 0 bridgehead atoms. The van der Waals surface area contributed by atoms with Crippen molar-refractivity contribution in [1.82, 2.24) is 14.9 Å². The van der Waals surface area contributed by atoms with Crippen LogP contribution in [-0.4, -0.2) is 28.2 Å². The van der Waals surface area contributed by atoms with Crippen molar-refractivity contribution in [2.75, 3.05) is 19.6 Å². The summed E-state index contributed by atoms with van der Waals surface area (Å²) in [5, 5.41) is 0. The van der Waals surface area contributed by atoms with E-state index in [1.165, 1.54) is 0 Å². The molecule has 0 saturated heterocycles. The van der Waals surface area contributed by atoms with Gasteiger partial charge in [-0.25, -0.2) is 0 Å². The summed E-state index contributed by atoms with van der Waals surface area (Å²) < 4.78 is 0. The number of nitrogens with one attached hydrogen (secondary N) is 3. The van der Waals surface area contributed by atoms with Crippen LogP contribution in [-0.2, 0) is 0 Å². The van der Waals surface area contributed by atoms with Crippen LogP contribution in [0.5, 0.6) is 0 Å². The van der Waals surface area contributed by atoms with Crippen LogP contribution >= 0.6 is 0 Å². The molecular formula is C8H21N3Si. The molecule has 0 aliphatic carbocycles. The van der Waals surface area contributed by atoms with Crippen LogP contribution in [0, 0.1) is 0 Å². The van der Waals surface area contributed by atoms with Crippen LogP contribution in [0.2, 0.25) is 0 Å². The summed E-state index contributed by atoms with van der Waals surface area (Å²) in [5.74, 6) is 0. The van der Waals surface area contributed by atoms with Crippen molar-refractivity contribution in [2.24, 2.45) is 0 Å². The van der Waals surface area contributed by atoms with E-state index in [9.17, 15) is 0 Å². The molecule has 0 rings (SSSR count). The van der Waals surface area contributed by atoms with Crippen molar-refractivity contribution < 1.29 is 0 Å². The predicted molar refractivity (Wildman–Crippen MR) is 57.0 cm³/mol. The van der Waals surface area contributed by atoms with Crippen molar-refractivity contribution >= 4 is 8.56 Å². The quantitative estimate of drug-likeness (QED) is 0.507. The highest BCUT2D eigenvalue weighted by Crippen LogP contribution is 1.88. The van der Waals surface area contributed by atoms with Crippen LogP contribution in [0.15, 0.2) is 12.3 Å². The van der Waals surface area contributed by atoms with Crippen LogP contribution < -0.4 is 14.9 Å². The molecule has 0 fully saturated rings. The van der Waals surface area contributed by atoms with Crippen molar-refractivity contribution in [3.05, 3.63) is 12.3 Å². The maximum absolute atomic E-state index is 3.86. The molecule has 0 amide bonds. The van der Waals surface area contributed by atoms with Gasteiger partial charge in [0.05, 0.1) is 0 Å². The summed E-state index contributed by atoms with van der Waals surface area (Å²) in [6, 6.07) is 0. The predicted octanol–water partition coefficient (Wildman–Crippen LogP) is 0.479. The highest BCUT2D eigenvalue weighted by Gasteiger charge is 2.27. The first kappa shape index (κ1) is 11.8. The Bertz CT molecular complexity index is 110. The molecule has 0 heterocycles. The van der Waals surface area contributed by atoms with Crippen molar-refractivity contribution in [3.63, 3.8) is 0 Å². The monoisotopic (exact) mass is 187 g/mol. The molecule has 0 aliphatic rings. The Morgan fingerprint density at radius 2 is 1.33 bits per heavy atom. The van der Waals surface area contributed by atoms with Gasteiger partial charge in [0.15, 0.2) is 0 Å². The fraction of sp³-hybridized carbons (Fsp3) is 0.750. The molecule has 0 unspecified atom stereocenters. The van der Waals surface area contributed by atoms with E-state index >= 15 is 0 Å². The molecule has 72 valence electrons. The smallest absolute Gasteiger partial charge is 0.307 e. The zero-order valence-electron chi connectivity index (χ0n) is 8.41. The van der Waals surface area contributed by atoms with E-state index in [-0.39, 0.29) is 0 Å². The van der Waals surface area contributed by atoms with Gasteiger partial charge in [-0.3, -0.25) is 0 Å². The largest absolute Gasteiger partial charge is 0.310 e. The summed E-state index contributed by atoms with van der Waals surface area (Å²) >= 11 is 0. The van der Waals surface area contributed by atoms with Crippen LogP contribution in [0.25, 0.3) is 0 Å². The summed E-state index contributed by atoms with van der Waals surface area (Å²) in [4.78, 5) is 10.3. The van der Waals surface area contributed by atoms with Gasteiger partial charge in [-0.05, 0) is 19.6 Å². The van der Waals surface area contributed by atoms with Gasteiger partial charge in [-0.15, -0.1) is 6.58 Å². The molecule has 0 spiro atoms. The first-order valence-corrected chi connectivity index (χ1v) is 6.71. The van der Waals surface area contributed by atoms with E-state index in [0.29, 0.717) is 0 Å². The SMILES string of the molecule is C=C[Si](NCC)(NCC)NCC. The number of hydrogen-bond donors (Lipinski definition) is 3. The van der Waals surface area contributed by atoms with Crippen molar-refractivity contribution in [2.45, 2.75) is 20.8 Å². The molecule has 0 atom stereocenters. The fourth-order valence-electron chi connectivity index (χ4n) is 1.24. The van der Waals surface area contributed by atoms with E-state index in [1.54, 1.807) is 0 Å². The summed E-state index contributed by atoms with van der Waals surface area (Å²) in [5.41, 5.74) is 2.00. The molecule has 0 radical (unpaired) electrons. The molecule has 0 aromatic carbocycles. The van der Waals surface area contributed by atoms with Crippen molar-refractivity contribution in [1.29, 1.82) is 0 Å². The molecule has 12 heavy (non-hydrogen) atoms. The van der Waals surface area contributed by atoms with E-state index < -0.39 is 8.56 Å². The number of hydrogen-bond acceptors (Lipinski definition) is 3. The Morgan fingerprint density at radius 3 is 1.50 bits per heavy atom. The Labute approximate surface area is 76.9 Å². The first-order valence-electron chi connectivity index (χ1n) is 4.63. The molecule has 3 nitrogen and oxygen atoms in total. The summed E-state index contributed by atoms with van der Waals surface area (Å²) in [6.45, 7) is 13.1. The minimum absolute atomic E-state index is 0.970. The zero-order chi connectivity index (χ0) is 9.45. The molecular weight excluding hydrogens is 166 g/mol. The van der Waals surface area contributed by atoms with Crippen molar-refractivity contribution in [3.8, 4) is 0 Å². The minimum Gasteiger partial charge on any atom is -0.310 e. The Kier molecular flexibility index (Phi) is 6.28. The Morgan fingerprint density at radius 1 is 1.00 bits per heavy atom. The number of rotatable bonds is 7. The highest BCUT2D eigenvalue weighted by atomic mass is 28.4. The fourth-order valence-corrected chi connectivity index (χ4v) is 3.72. The van der Waals surface area contributed by atoms with Gasteiger partial charge in [0.1, 0.15) is 0 Å². The van der Waals surface area contributed by atoms with Crippen LogP contribution in [0.4, 0.5) is 0 Å². The molecule has 0 aromatic heterocycles. The average molecular weight is 187 g/mol. The van der Waals surface area contributed by atoms with E-state index in [4.69, 9.17) is 0 Å². The third-order valence-corrected chi connectivity index (χ3v) is 5.02. The minimum atomic E-state index is -1.76. The lowest BCUT2D eigenvalue weighted by Gasteiger charge is -2.29. The van der Waals surface area contributed by atoms with Gasteiger partial charge < -0.3 is 14.9 Å². The molecule has 0 aliphatic heterocycles. The topological polar surface area (TPSA) is 36.1 Å². The van der Waals surface area contributed by atoms with Gasteiger partial charge in [0.2, 0.25) is 0 Å². The Hall–Kier alpha value is -0.163. The lowest BCUT2D eigenvalue weighted by atomic mass is 10.8. The first-order chi connectivity index (χ1) is 5.74. The molecule has 3 N–H and O–H groups in total.